The van der Waals surface area contributed by atoms with Crippen molar-refractivity contribution in [2.24, 2.45) is 0 Å². The Hall–Kier alpha value is -3.06. The van der Waals surface area contributed by atoms with E-state index in [0.29, 0.717) is 31.8 Å². The number of carbonyl (C=O) groups is 1. The maximum Gasteiger partial charge on any atom is 0.270 e. The predicted octanol–water partition coefficient (Wildman–Crippen LogP) is 2.49. The SMILES string of the molecule is Cc1ccc2ncc(C(=O)N3CCCN(Cc4ccc(F)cc4)CC3)c(=O)n2c1. The van der Waals surface area contributed by atoms with Crippen LogP contribution in [0.1, 0.15) is 27.9 Å². The van der Waals surface area contributed by atoms with Gasteiger partial charge < -0.3 is 4.90 Å². The zero-order valence-electron chi connectivity index (χ0n) is 16.3. The number of aromatic nitrogens is 2. The molecule has 0 radical (unpaired) electrons. The van der Waals surface area contributed by atoms with E-state index in [9.17, 15) is 14.0 Å². The summed E-state index contributed by atoms with van der Waals surface area (Å²) >= 11 is 0. The predicted molar refractivity (Wildman–Crippen MR) is 108 cm³/mol. The Morgan fingerprint density at radius 1 is 1.07 bits per heavy atom. The van der Waals surface area contributed by atoms with Crippen LogP contribution in [0.4, 0.5) is 4.39 Å². The summed E-state index contributed by atoms with van der Waals surface area (Å²) in [6, 6.07) is 10.1. The Balaban J connectivity index is 1.48. The third kappa shape index (κ3) is 4.19. The van der Waals surface area contributed by atoms with E-state index in [-0.39, 0.29) is 22.8 Å². The Morgan fingerprint density at radius 3 is 2.66 bits per heavy atom. The molecule has 6 nitrogen and oxygen atoms in total. The van der Waals surface area contributed by atoms with Crippen LogP contribution < -0.4 is 5.56 Å². The van der Waals surface area contributed by atoms with Crippen LogP contribution in [0.3, 0.4) is 0 Å². The first-order valence-corrected chi connectivity index (χ1v) is 9.75. The number of benzene rings is 1. The molecule has 1 amide bonds. The van der Waals surface area contributed by atoms with Gasteiger partial charge in [-0.05, 0) is 42.7 Å². The van der Waals surface area contributed by atoms with E-state index >= 15 is 0 Å². The summed E-state index contributed by atoms with van der Waals surface area (Å²) < 4.78 is 14.5. The van der Waals surface area contributed by atoms with Crippen LogP contribution in [0.5, 0.6) is 0 Å². The van der Waals surface area contributed by atoms with Crippen molar-refractivity contribution < 1.29 is 9.18 Å². The Morgan fingerprint density at radius 2 is 1.86 bits per heavy atom. The van der Waals surface area contributed by atoms with E-state index < -0.39 is 0 Å². The number of hydrogen-bond acceptors (Lipinski definition) is 4. The largest absolute Gasteiger partial charge is 0.337 e. The van der Waals surface area contributed by atoms with Gasteiger partial charge in [-0.15, -0.1) is 0 Å². The van der Waals surface area contributed by atoms with Crippen LogP contribution in [0.25, 0.3) is 5.65 Å². The highest BCUT2D eigenvalue weighted by Gasteiger charge is 2.23. The summed E-state index contributed by atoms with van der Waals surface area (Å²) in [6.07, 6.45) is 3.90. The number of aryl methyl sites for hydroxylation is 1. The summed E-state index contributed by atoms with van der Waals surface area (Å²) in [5.41, 5.74) is 2.26. The zero-order valence-corrected chi connectivity index (χ0v) is 16.3. The molecule has 0 saturated carbocycles. The van der Waals surface area contributed by atoms with Crippen molar-refractivity contribution in [2.75, 3.05) is 26.2 Å². The van der Waals surface area contributed by atoms with Crippen LogP contribution in [0.15, 0.2) is 53.6 Å². The molecular formula is C22H23FN4O2. The zero-order chi connectivity index (χ0) is 20.4. The van der Waals surface area contributed by atoms with E-state index in [1.807, 2.05) is 13.0 Å². The number of carbonyl (C=O) groups excluding carboxylic acids is 1. The van der Waals surface area contributed by atoms with Gasteiger partial charge in [0.1, 0.15) is 17.0 Å². The summed E-state index contributed by atoms with van der Waals surface area (Å²) in [5.74, 6) is -0.520. The minimum absolute atomic E-state index is 0.0973. The second-order valence-electron chi connectivity index (χ2n) is 7.46. The molecular weight excluding hydrogens is 371 g/mol. The molecule has 0 N–H and O–H groups in total. The van der Waals surface area contributed by atoms with Gasteiger partial charge in [-0.3, -0.25) is 18.9 Å². The molecule has 1 aromatic carbocycles. The fourth-order valence-corrected chi connectivity index (χ4v) is 3.68. The first-order valence-electron chi connectivity index (χ1n) is 9.75. The fraction of sp³-hybridized carbons (Fsp3) is 0.318. The highest BCUT2D eigenvalue weighted by Crippen LogP contribution is 2.12. The van der Waals surface area contributed by atoms with Gasteiger partial charge in [0.05, 0.1) is 0 Å². The Labute approximate surface area is 168 Å². The molecule has 1 aliphatic heterocycles. The number of hydrogen-bond donors (Lipinski definition) is 0. The maximum atomic E-state index is 13.1. The molecule has 0 bridgehead atoms. The van der Waals surface area contributed by atoms with Crippen molar-refractivity contribution in [2.45, 2.75) is 19.9 Å². The smallest absolute Gasteiger partial charge is 0.270 e. The fourth-order valence-electron chi connectivity index (χ4n) is 3.68. The number of rotatable bonds is 3. The molecule has 0 spiro atoms. The summed E-state index contributed by atoms with van der Waals surface area (Å²) in [5, 5.41) is 0. The van der Waals surface area contributed by atoms with E-state index in [1.165, 1.54) is 22.7 Å². The van der Waals surface area contributed by atoms with Gasteiger partial charge in [-0.2, -0.15) is 0 Å². The van der Waals surface area contributed by atoms with E-state index in [1.54, 1.807) is 29.3 Å². The second-order valence-corrected chi connectivity index (χ2v) is 7.46. The first kappa shape index (κ1) is 19.3. The van der Waals surface area contributed by atoms with Gasteiger partial charge >= 0.3 is 0 Å². The lowest BCUT2D eigenvalue weighted by Crippen LogP contribution is -2.38. The molecule has 7 heteroatoms. The normalized spacial score (nSPS) is 15.4. The summed E-state index contributed by atoms with van der Waals surface area (Å²) in [4.78, 5) is 34.1. The average Bonchev–Trinajstić information content (AvgIpc) is 2.96. The molecule has 3 heterocycles. The van der Waals surface area contributed by atoms with Crippen LogP contribution >= 0.6 is 0 Å². The van der Waals surface area contributed by atoms with Gasteiger partial charge in [-0.1, -0.05) is 18.2 Å². The van der Waals surface area contributed by atoms with Crippen molar-refractivity contribution in [3.63, 3.8) is 0 Å². The quantitative estimate of drug-likeness (QED) is 0.685. The van der Waals surface area contributed by atoms with Crippen LogP contribution in [0.2, 0.25) is 0 Å². The summed E-state index contributed by atoms with van der Waals surface area (Å²) in [6.45, 7) is 5.28. The lowest BCUT2D eigenvalue weighted by atomic mass is 10.2. The van der Waals surface area contributed by atoms with Gasteiger partial charge in [0.2, 0.25) is 0 Å². The standard InChI is InChI=1S/C22H23FN4O2/c1-16-3-8-20-24-13-19(22(29)27(20)14-16)21(28)26-10-2-9-25(11-12-26)15-17-4-6-18(23)7-5-17/h3-8,13-14H,2,9-12,15H2,1H3. The first-order chi connectivity index (χ1) is 14.0. The van der Waals surface area contributed by atoms with Crippen LogP contribution in [-0.4, -0.2) is 51.3 Å². The number of nitrogens with zero attached hydrogens (tertiary/aromatic N) is 4. The molecule has 29 heavy (non-hydrogen) atoms. The molecule has 2 aromatic heterocycles. The third-order valence-corrected chi connectivity index (χ3v) is 5.28. The van der Waals surface area contributed by atoms with E-state index in [4.69, 9.17) is 0 Å². The molecule has 150 valence electrons. The molecule has 0 unspecified atom stereocenters. The van der Waals surface area contributed by atoms with Crippen molar-refractivity contribution in [3.8, 4) is 0 Å². The van der Waals surface area contributed by atoms with Crippen molar-refractivity contribution in [1.29, 1.82) is 0 Å². The number of amides is 1. The molecule has 0 aliphatic carbocycles. The average molecular weight is 394 g/mol. The highest BCUT2D eigenvalue weighted by atomic mass is 19.1. The lowest BCUT2D eigenvalue weighted by Gasteiger charge is -2.22. The second kappa shape index (κ2) is 8.13. The van der Waals surface area contributed by atoms with E-state index in [0.717, 1.165) is 24.1 Å². The van der Waals surface area contributed by atoms with Crippen molar-refractivity contribution >= 4 is 11.6 Å². The van der Waals surface area contributed by atoms with Gasteiger partial charge in [-0.25, -0.2) is 9.37 Å². The highest BCUT2D eigenvalue weighted by molar-refractivity contribution is 5.93. The molecule has 3 aromatic rings. The minimum atomic E-state index is -0.337. The number of halogens is 1. The van der Waals surface area contributed by atoms with Gasteiger partial charge in [0.15, 0.2) is 0 Å². The monoisotopic (exact) mass is 394 g/mol. The summed E-state index contributed by atoms with van der Waals surface area (Å²) in [7, 11) is 0. The molecule has 0 atom stereocenters. The molecule has 1 aliphatic rings. The van der Waals surface area contributed by atoms with Crippen LogP contribution in [0, 0.1) is 12.7 Å². The van der Waals surface area contributed by atoms with Crippen molar-refractivity contribution in [1.82, 2.24) is 19.2 Å². The number of fused-ring (bicyclic) bond motifs is 1. The molecule has 4 rings (SSSR count). The maximum absolute atomic E-state index is 13.1. The molecule has 1 fully saturated rings. The topological polar surface area (TPSA) is 57.9 Å². The van der Waals surface area contributed by atoms with Gasteiger partial charge in [0, 0.05) is 45.1 Å². The van der Waals surface area contributed by atoms with Crippen molar-refractivity contribution in [3.05, 3.63) is 81.7 Å². The number of pyridine rings is 1. The Kier molecular flexibility index (Phi) is 5.40. The van der Waals surface area contributed by atoms with Crippen LogP contribution in [-0.2, 0) is 6.54 Å². The lowest BCUT2D eigenvalue weighted by molar-refractivity contribution is 0.0758. The Bertz CT molecular complexity index is 1090. The van der Waals surface area contributed by atoms with Gasteiger partial charge in [0.25, 0.3) is 11.5 Å². The molecule has 1 saturated heterocycles. The minimum Gasteiger partial charge on any atom is -0.337 e. The third-order valence-electron chi connectivity index (χ3n) is 5.28. The van der Waals surface area contributed by atoms with E-state index in [2.05, 4.69) is 9.88 Å².